The van der Waals surface area contributed by atoms with Gasteiger partial charge in [-0.05, 0) is 142 Å². The van der Waals surface area contributed by atoms with Crippen LogP contribution in [0.5, 0.6) is 0 Å². The molecule has 5 nitrogen and oxygen atoms in total. The predicted octanol–water partition coefficient (Wildman–Crippen LogP) is 15.5. The number of rotatable bonds is 47. The molecule has 61 heavy (non-hydrogen) atoms. The van der Waals surface area contributed by atoms with E-state index in [4.69, 9.17) is 0 Å². The van der Waals surface area contributed by atoms with Crippen molar-refractivity contribution in [2.24, 2.45) is 0 Å². The second-order valence-corrected chi connectivity index (χ2v) is 33.0. The van der Waals surface area contributed by atoms with Gasteiger partial charge in [-0.2, -0.15) is 0 Å². The number of nitrogens with zero attached hydrogens (tertiary/aromatic N) is 1. The molecular formula is C53H110N2O3P3+3. The summed E-state index contributed by atoms with van der Waals surface area (Å²) >= 11 is 0. The summed E-state index contributed by atoms with van der Waals surface area (Å²) in [5.74, 6) is 1.01. The molecule has 0 bridgehead atoms. The topological polar surface area (TPSA) is 66.5 Å². The van der Waals surface area contributed by atoms with Gasteiger partial charge in [-0.1, -0.05) is 62.3 Å². The third-order valence-electron chi connectivity index (χ3n) is 13.6. The molecule has 0 aromatic heterocycles. The van der Waals surface area contributed by atoms with Gasteiger partial charge in [0.2, 0.25) is 5.91 Å². The minimum absolute atomic E-state index is 0.180. The van der Waals surface area contributed by atoms with E-state index in [0.717, 1.165) is 71.0 Å². The summed E-state index contributed by atoms with van der Waals surface area (Å²) in [4.78, 5) is 41.3. The maximum Gasteiger partial charge on any atom is 0.220 e. The molecule has 0 fully saturated rings. The van der Waals surface area contributed by atoms with Crippen LogP contribution in [0.3, 0.4) is 0 Å². The smallest absolute Gasteiger partial charge is 0.220 e. The van der Waals surface area contributed by atoms with Gasteiger partial charge < -0.3 is 10.2 Å². The van der Waals surface area contributed by atoms with Gasteiger partial charge >= 0.3 is 0 Å². The van der Waals surface area contributed by atoms with E-state index >= 15 is 0 Å². The third kappa shape index (κ3) is 30.8. The molecule has 0 spiro atoms. The van der Waals surface area contributed by atoms with Crippen LogP contribution < -0.4 is 5.32 Å². The second kappa shape index (κ2) is 40.3. The first-order chi connectivity index (χ1) is 29.5. The molecule has 1 N–H and O–H groups in total. The van der Waals surface area contributed by atoms with Gasteiger partial charge in [0.05, 0.1) is 73.9 Å². The van der Waals surface area contributed by atoms with Crippen molar-refractivity contribution in [3.05, 3.63) is 0 Å². The number of carbonyl (C=O) groups is 3. The van der Waals surface area contributed by atoms with Gasteiger partial charge in [0.15, 0.2) is 0 Å². The molecule has 0 heterocycles. The van der Waals surface area contributed by atoms with Gasteiger partial charge in [0.25, 0.3) is 0 Å². The standard InChI is InChI=1S/C53H109N2O3P3/c1-10-39-59(40-11-2,41-12-3)48-25-19-22-30-51(56)32-28-36-55(37-29-33-52(57)31-23-20-26-49-60(42-13-4,43-14-5)44-15-6)38-35-54-53(58)34-24-21-27-50-61(45-16-7,46-17-8)47-18-9/h10-50H2,1-9H3/q+2/p+1. The van der Waals surface area contributed by atoms with Crippen molar-refractivity contribution in [3.8, 4) is 0 Å². The van der Waals surface area contributed by atoms with Crippen LogP contribution in [0.2, 0.25) is 0 Å². The molecule has 0 saturated heterocycles. The molecule has 0 radical (unpaired) electrons. The van der Waals surface area contributed by atoms with Gasteiger partial charge in [0.1, 0.15) is 11.6 Å². The molecular weight excluding hydrogens is 806 g/mol. The molecule has 0 aromatic rings. The average molecular weight is 916 g/mol. The lowest BCUT2D eigenvalue weighted by atomic mass is 10.1. The maximum atomic E-state index is 13.0. The number of ketones is 2. The maximum absolute atomic E-state index is 13.0. The molecule has 362 valence electrons. The van der Waals surface area contributed by atoms with Crippen LogP contribution in [0.25, 0.3) is 0 Å². The molecule has 1 amide bonds. The molecule has 0 saturated carbocycles. The Morgan fingerprint density at radius 2 is 0.607 bits per heavy atom. The summed E-state index contributed by atoms with van der Waals surface area (Å²) in [6.07, 6.45) is 44.9. The molecule has 0 rings (SSSR count). The lowest BCUT2D eigenvalue weighted by molar-refractivity contribution is -0.121. The van der Waals surface area contributed by atoms with Gasteiger partial charge in [0, 0.05) is 67.0 Å². The first kappa shape index (κ1) is 61.1. The van der Waals surface area contributed by atoms with Crippen LogP contribution in [0, 0.1) is 0 Å². The Morgan fingerprint density at radius 1 is 0.328 bits per heavy atom. The summed E-state index contributed by atoms with van der Waals surface area (Å²) in [7, 11) is -2.41. The largest absolute Gasteiger partial charge is 0.355 e. The molecule has 0 aromatic carbocycles. The Kier molecular flexibility index (Phi) is 40.4. The number of hydrogen-bond donors (Lipinski definition) is 1. The van der Waals surface area contributed by atoms with Crippen LogP contribution in [-0.4, -0.2) is 122 Å². The van der Waals surface area contributed by atoms with E-state index in [1.54, 1.807) is 0 Å². The highest BCUT2D eigenvalue weighted by molar-refractivity contribution is 7.76. The quantitative estimate of drug-likeness (QED) is 0.0488. The van der Waals surface area contributed by atoms with E-state index in [-0.39, 0.29) is 5.91 Å². The number of carbonyl (C=O) groups excluding carboxylic acids is 3. The normalized spacial score (nSPS) is 12.4. The molecule has 0 unspecified atom stereocenters. The molecule has 8 heteroatoms. The highest BCUT2D eigenvalue weighted by atomic mass is 31.2. The van der Waals surface area contributed by atoms with Crippen molar-refractivity contribution in [1.29, 1.82) is 0 Å². The number of amides is 1. The van der Waals surface area contributed by atoms with Crippen molar-refractivity contribution < 1.29 is 14.4 Å². The molecule has 0 atom stereocenters. The van der Waals surface area contributed by atoms with Crippen LogP contribution in [0.4, 0.5) is 0 Å². The molecule has 0 aliphatic rings. The summed E-state index contributed by atoms with van der Waals surface area (Å²) in [5, 5.41) is 3.22. The van der Waals surface area contributed by atoms with Gasteiger partial charge in [-0.25, -0.2) is 0 Å². The van der Waals surface area contributed by atoms with E-state index < -0.39 is 21.8 Å². The SMILES string of the molecule is CCC[P+](CCC)(CCC)CCCCCC(=O)CCCN(CCCC(=O)CCCCC[P+](CCC)(CCC)CCC)CCNC(=O)CCCCC[P+](CCC)(CCC)CCC. The fourth-order valence-corrected chi connectivity index (χ4v) is 26.4. The van der Waals surface area contributed by atoms with Gasteiger partial charge in [-0.15, -0.1) is 0 Å². The van der Waals surface area contributed by atoms with Crippen molar-refractivity contribution in [2.75, 3.05) is 100 Å². The minimum atomic E-state index is -0.810. The van der Waals surface area contributed by atoms with Crippen LogP contribution in [-0.2, 0) is 14.4 Å². The second-order valence-electron chi connectivity index (χ2n) is 19.6. The first-order valence-electron chi connectivity index (χ1n) is 27.1. The van der Waals surface area contributed by atoms with Crippen molar-refractivity contribution in [2.45, 2.75) is 223 Å². The monoisotopic (exact) mass is 916 g/mol. The van der Waals surface area contributed by atoms with Crippen molar-refractivity contribution >= 4 is 39.3 Å². The first-order valence-corrected chi connectivity index (χ1v) is 34.7. The summed E-state index contributed by atoms with van der Waals surface area (Å²) < 4.78 is 0. The highest BCUT2D eigenvalue weighted by Gasteiger charge is 2.35. The van der Waals surface area contributed by atoms with Crippen LogP contribution in [0.1, 0.15) is 223 Å². The van der Waals surface area contributed by atoms with Gasteiger partial charge in [-0.3, -0.25) is 14.4 Å². The Morgan fingerprint density at radius 3 is 0.902 bits per heavy atom. The van der Waals surface area contributed by atoms with E-state index in [1.165, 1.54) is 164 Å². The Balaban J connectivity index is 4.97. The van der Waals surface area contributed by atoms with E-state index in [9.17, 15) is 14.4 Å². The number of hydrogen-bond acceptors (Lipinski definition) is 4. The predicted molar refractivity (Wildman–Crippen MR) is 285 cm³/mol. The molecule has 0 aliphatic carbocycles. The Labute approximate surface area is 385 Å². The Hall–Kier alpha value is 0.0600. The van der Waals surface area contributed by atoms with Crippen molar-refractivity contribution in [3.63, 3.8) is 0 Å². The number of nitrogens with one attached hydrogen (secondary N) is 1. The zero-order chi connectivity index (χ0) is 45.5. The summed E-state index contributed by atoms with van der Waals surface area (Å²) in [6.45, 7) is 24.4. The summed E-state index contributed by atoms with van der Waals surface area (Å²) in [5.41, 5.74) is 0. The Bertz CT molecular complexity index is 876. The van der Waals surface area contributed by atoms with Crippen molar-refractivity contribution in [1.82, 2.24) is 10.2 Å². The number of Topliss-reactive ketones (excluding diaryl/α,β-unsaturated/α-hetero) is 2. The minimum Gasteiger partial charge on any atom is -0.355 e. The fraction of sp³-hybridized carbons (Fsp3) is 0.943. The zero-order valence-corrected chi connectivity index (χ0v) is 45.7. The van der Waals surface area contributed by atoms with Crippen LogP contribution >= 0.6 is 21.8 Å². The highest BCUT2D eigenvalue weighted by Crippen LogP contribution is 2.62. The van der Waals surface area contributed by atoms with E-state index in [0.29, 0.717) is 37.4 Å². The lowest BCUT2D eigenvalue weighted by Gasteiger charge is -2.27. The van der Waals surface area contributed by atoms with E-state index in [2.05, 4.69) is 72.5 Å². The zero-order valence-electron chi connectivity index (χ0n) is 43.0. The summed E-state index contributed by atoms with van der Waals surface area (Å²) in [6, 6.07) is 0. The van der Waals surface area contributed by atoms with Crippen LogP contribution in [0.15, 0.2) is 0 Å². The van der Waals surface area contributed by atoms with E-state index in [1.807, 2.05) is 0 Å². The fourth-order valence-electron chi connectivity index (χ4n) is 11.1. The average Bonchev–Trinajstić information content (AvgIpc) is 3.21. The lowest BCUT2D eigenvalue weighted by Crippen LogP contribution is -2.36. The third-order valence-corrected chi connectivity index (χ3v) is 30.0. The number of unbranched alkanes of at least 4 members (excludes halogenated alkanes) is 6. The molecule has 0 aliphatic heterocycles.